The van der Waals surface area contributed by atoms with Gasteiger partial charge in [0, 0.05) is 5.69 Å². The number of nitrogens with zero attached hydrogens (tertiary/aromatic N) is 4. The van der Waals surface area contributed by atoms with Crippen molar-refractivity contribution in [3.05, 3.63) is 90.8 Å². The van der Waals surface area contributed by atoms with E-state index in [1.165, 1.54) is 17.1 Å². The van der Waals surface area contributed by atoms with Crippen LogP contribution in [0.15, 0.2) is 85.2 Å². The van der Waals surface area contributed by atoms with Crippen LogP contribution in [0.4, 0.5) is 11.4 Å². The maximum Gasteiger partial charge on any atom is 0.340 e. The van der Waals surface area contributed by atoms with Gasteiger partial charge in [0.25, 0.3) is 5.91 Å². The van der Waals surface area contributed by atoms with Crippen LogP contribution in [0, 0.1) is 0 Å². The van der Waals surface area contributed by atoms with Gasteiger partial charge in [-0.05, 0) is 45.8 Å². The number of ether oxygens (including phenoxy) is 1. The van der Waals surface area contributed by atoms with Crippen molar-refractivity contribution in [3.63, 3.8) is 0 Å². The molecule has 170 valence electrons. The molecule has 0 bridgehead atoms. The minimum Gasteiger partial charge on any atom is -0.452 e. The third kappa shape index (κ3) is 5.88. The van der Waals surface area contributed by atoms with Gasteiger partial charge in [-0.25, -0.2) is 9.48 Å². The average molecular weight is 456 g/mol. The van der Waals surface area contributed by atoms with Crippen LogP contribution in [0.1, 0.15) is 10.4 Å². The number of tetrazole rings is 1. The van der Waals surface area contributed by atoms with E-state index in [4.69, 9.17) is 4.74 Å². The largest absolute Gasteiger partial charge is 0.452 e. The molecule has 10 heteroatoms. The number of amides is 2. The summed E-state index contributed by atoms with van der Waals surface area (Å²) in [7, 11) is 0. The average Bonchev–Trinajstić information content (AvgIpc) is 3.37. The molecule has 3 aromatic carbocycles. The zero-order valence-electron chi connectivity index (χ0n) is 17.9. The summed E-state index contributed by atoms with van der Waals surface area (Å²) in [5.41, 5.74) is 3.04. The molecule has 4 rings (SSSR count). The molecule has 10 nitrogen and oxygen atoms in total. The smallest absolute Gasteiger partial charge is 0.340 e. The molecule has 34 heavy (non-hydrogen) atoms. The highest BCUT2D eigenvalue weighted by atomic mass is 16.5. The van der Waals surface area contributed by atoms with E-state index in [0.29, 0.717) is 5.69 Å². The van der Waals surface area contributed by atoms with E-state index in [1.54, 1.807) is 30.3 Å². The standard InChI is InChI=1S/C24H20N6O4/c31-22(14-30-16-25-28-29-30)27-21-9-5-4-8-20(21)24(33)34-15-23(32)26-19-12-10-18(11-13-19)17-6-2-1-3-7-17/h1-13,16H,14-15H2,(H,26,32)(H,27,31). The summed E-state index contributed by atoms with van der Waals surface area (Å²) in [5.74, 6) is -1.65. The number of esters is 1. The number of aromatic nitrogens is 4. The van der Waals surface area contributed by atoms with Gasteiger partial charge >= 0.3 is 5.97 Å². The number of rotatable bonds is 8. The van der Waals surface area contributed by atoms with Crippen LogP contribution in [0.5, 0.6) is 0 Å². The Morgan fingerprint density at radius 1 is 0.794 bits per heavy atom. The van der Waals surface area contributed by atoms with Crippen LogP contribution >= 0.6 is 0 Å². The van der Waals surface area contributed by atoms with E-state index >= 15 is 0 Å². The van der Waals surface area contributed by atoms with Gasteiger partial charge in [0.15, 0.2) is 6.61 Å². The van der Waals surface area contributed by atoms with Crippen molar-refractivity contribution in [1.29, 1.82) is 0 Å². The van der Waals surface area contributed by atoms with Gasteiger partial charge in [-0.15, -0.1) is 5.10 Å². The molecule has 0 aliphatic rings. The zero-order valence-corrected chi connectivity index (χ0v) is 17.9. The summed E-state index contributed by atoms with van der Waals surface area (Å²) in [5, 5.41) is 15.8. The van der Waals surface area contributed by atoms with Crippen LogP contribution in [0.25, 0.3) is 11.1 Å². The van der Waals surface area contributed by atoms with Crippen molar-refractivity contribution in [1.82, 2.24) is 20.2 Å². The highest BCUT2D eigenvalue weighted by Crippen LogP contribution is 2.21. The van der Waals surface area contributed by atoms with E-state index in [9.17, 15) is 14.4 Å². The summed E-state index contributed by atoms with van der Waals surface area (Å²) in [6, 6.07) is 23.5. The van der Waals surface area contributed by atoms with Crippen LogP contribution in [-0.4, -0.2) is 44.6 Å². The van der Waals surface area contributed by atoms with Gasteiger partial charge in [-0.2, -0.15) is 0 Å². The summed E-state index contributed by atoms with van der Waals surface area (Å²) >= 11 is 0. The lowest BCUT2D eigenvalue weighted by Gasteiger charge is -2.11. The predicted octanol–water partition coefficient (Wildman–Crippen LogP) is 2.77. The quantitative estimate of drug-likeness (QED) is 0.390. The fourth-order valence-electron chi connectivity index (χ4n) is 3.14. The Balaban J connectivity index is 1.31. The number of para-hydroxylation sites is 1. The normalized spacial score (nSPS) is 10.4. The fraction of sp³-hybridized carbons (Fsp3) is 0.0833. The summed E-state index contributed by atoms with van der Waals surface area (Å²) in [4.78, 5) is 37.0. The fourth-order valence-corrected chi connectivity index (χ4v) is 3.14. The van der Waals surface area contributed by atoms with E-state index in [1.807, 2.05) is 42.5 Å². The van der Waals surface area contributed by atoms with Gasteiger partial charge in [-0.1, -0.05) is 54.6 Å². The zero-order chi connectivity index (χ0) is 23.8. The second kappa shape index (κ2) is 10.6. The van der Waals surface area contributed by atoms with Crippen LogP contribution < -0.4 is 10.6 Å². The van der Waals surface area contributed by atoms with Gasteiger partial charge < -0.3 is 15.4 Å². The Morgan fingerprint density at radius 3 is 2.24 bits per heavy atom. The maximum atomic E-state index is 12.5. The molecule has 0 spiro atoms. The molecule has 0 saturated heterocycles. The minimum atomic E-state index is -0.743. The maximum absolute atomic E-state index is 12.5. The van der Waals surface area contributed by atoms with E-state index in [-0.39, 0.29) is 17.8 Å². The number of anilines is 2. The number of hydrogen-bond donors (Lipinski definition) is 2. The molecule has 4 aromatic rings. The first-order valence-corrected chi connectivity index (χ1v) is 10.3. The Morgan fingerprint density at radius 2 is 1.50 bits per heavy atom. The SMILES string of the molecule is O=C(COC(=O)c1ccccc1NC(=O)Cn1cnnn1)Nc1ccc(-c2ccccc2)cc1. The van der Waals surface area contributed by atoms with E-state index in [0.717, 1.165) is 11.1 Å². The van der Waals surface area contributed by atoms with Gasteiger partial charge in [0.2, 0.25) is 5.91 Å². The Bertz CT molecular complexity index is 1270. The van der Waals surface area contributed by atoms with Crippen molar-refractivity contribution in [2.45, 2.75) is 6.54 Å². The van der Waals surface area contributed by atoms with Crippen LogP contribution in [-0.2, 0) is 20.9 Å². The van der Waals surface area contributed by atoms with Gasteiger partial charge in [0.05, 0.1) is 11.3 Å². The van der Waals surface area contributed by atoms with Crippen molar-refractivity contribution < 1.29 is 19.1 Å². The summed E-state index contributed by atoms with van der Waals surface area (Å²) in [6.07, 6.45) is 1.30. The molecule has 0 fully saturated rings. The number of nitrogens with one attached hydrogen (secondary N) is 2. The number of carbonyl (C=O) groups excluding carboxylic acids is 3. The number of hydrogen-bond acceptors (Lipinski definition) is 7. The molecule has 0 atom stereocenters. The monoisotopic (exact) mass is 456 g/mol. The first-order valence-electron chi connectivity index (χ1n) is 10.3. The topological polar surface area (TPSA) is 128 Å². The van der Waals surface area contributed by atoms with E-state index < -0.39 is 24.4 Å². The third-order valence-corrected chi connectivity index (χ3v) is 4.73. The lowest BCUT2D eigenvalue weighted by Crippen LogP contribution is -2.23. The Labute approximate surface area is 194 Å². The van der Waals surface area contributed by atoms with Crippen LogP contribution in [0.3, 0.4) is 0 Å². The van der Waals surface area contributed by atoms with Crippen molar-refractivity contribution in [2.24, 2.45) is 0 Å². The van der Waals surface area contributed by atoms with Gasteiger partial charge in [-0.3, -0.25) is 9.59 Å². The lowest BCUT2D eigenvalue weighted by molar-refractivity contribution is -0.119. The molecular formula is C24H20N6O4. The third-order valence-electron chi connectivity index (χ3n) is 4.73. The second-order valence-corrected chi connectivity index (χ2v) is 7.17. The molecule has 1 aromatic heterocycles. The van der Waals surface area contributed by atoms with Gasteiger partial charge in [0.1, 0.15) is 12.9 Å². The molecule has 0 aliphatic carbocycles. The molecule has 0 saturated carbocycles. The molecule has 1 heterocycles. The molecule has 2 N–H and O–H groups in total. The molecule has 0 radical (unpaired) electrons. The molecule has 0 aliphatic heterocycles. The first kappa shape index (κ1) is 22.3. The highest BCUT2D eigenvalue weighted by molar-refractivity contribution is 6.02. The Kier molecular flexibility index (Phi) is 6.99. The number of carbonyl (C=O) groups is 3. The first-order chi connectivity index (χ1) is 16.6. The highest BCUT2D eigenvalue weighted by Gasteiger charge is 2.16. The van der Waals surface area contributed by atoms with E-state index in [2.05, 4.69) is 26.2 Å². The van der Waals surface area contributed by atoms with Crippen LogP contribution in [0.2, 0.25) is 0 Å². The van der Waals surface area contributed by atoms with Crippen molar-refractivity contribution in [2.75, 3.05) is 17.2 Å². The minimum absolute atomic E-state index is 0.118. The summed E-state index contributed by atoms with van der Waals surface area (Å²) in [6.45, 7) is -0.603. The molecule has 0 unspecified atom stereocenters. The molecular weight excluding hydrogens is 436 g/mol. The predicted molar refractivity (Wildman–Crippen MR) is 124 cm³/mol. The summed E-state index contributed by atoms with van der Waals surface area (Å²) < 4.78 is 6.39. The Hall–Kier alpha value is -4.86. The lowest BCUT2D eigenvalue weighted by atomic mass is 10.1. The molecule has 2 amide bonds. The van der Waals surface area contributed by atoms with Crippen molar-refractivity contribution in [3.8, 4) is 11.1 Å². The second-order valence-electron chi connectivity index (χ2n) is 7.17. The van der Waals surface area contributed by atoms with Crippen molar-refractivity contribution >= 4 is 29.2 Å². The number of benzene rings is 3.